The van der Waals surface area contributed by atoms with Gasteiger partial charge in [0.1, 0.15) is 5.82 Å². The van der Waals surface area contributed by atoms with Gasteiger partial charge in [0, 0.05) is 18.5 Å². The topological polar surface area (TPSA) is 70.1 Å². The molecule has 26 heavy (non-hydrogen) atoms. The third-order valence-corrected chi connectivity index (χ3v) is 3.74. The van der Waals surface area contributed by atoms with E-state index in [0.717, 1.165) is 23.0 Å². The van der Waals surface area contributed by atoms with Crippen molar-refractivity contribution in [2.24, 2.45) is 0 Å². The van der Waals surface area contributed by atoms with Crippen molar-refractivity contribution in [1.82, 2.24) is 9.97 Å². The minimum Gasteiger partial charge on any atom is -0.395 e. The Balaban J connectivity index is 1.78. The van der Waals surface area contributed by atoms with Gasteiger partial charge in [-0.3, -0.25) is 0 Å². The van der Waals surface area contributed by atoms with Crippen molar-refractivity contribution in [2.45, 2.75) is 12.7 Å². The molecule has 136 valence electrons. The fourth-order valence-electron chi connectivity index (χ4n) is 2.46. The van der Waals surface area contributed by atoms with Crippen molar-refractivity contribution >= 4 is 22.7 Å². The Bertz CT molecular complexity index is 882. The van der Waals surface area contributed by atoms with E-state index in [0.29, 0.717) is 23.9 Å². The Labute approximate surface area is 147 Å². The van der Waals surface area contributed by atoms with Crippen molar-refractivity contribution in [3.05, 3.63) is 59.7 Å². The number of nitrogens with one attached hydrogen (secondary N) is 2. The quantitative estimate of drug-likeness (QED) is 0.624. The van der Waals surface area contributed by atoms with E-state index in [-0.39, 0.29) is 13.2 Å². The van der Waals surface area contributed by atoms with Crippen LogP contribution in [-0.4, -0.2) is 28.2 Å². The van der Waals surface area contributed by atoms with Crippen LogP contribution < -0.4 is 10.6 Å². The Morgan fingerprint density at radius 1 is 0.923 bits per heavy atom. The van der Waals surface area contributed by atoms with Crippen LogP contribution in [0.3, 0.4) is 0 Å². The summed E-state index contributed by atoms with van der Waals surface area (Å²) < 4.78 is 37.8. The molecule has 2 aromatic carbocycles. The van der Waals surface area contributed by atoms with Crippen molar-refractivity contribution < 1.29 is 18.3 Å². The monoisotopic (exact) mass is 362 g/mol. The molecule has 0 amide bonds. The molecular formula is C18H17F3N4O. The van der Waals surface area contributed by atoms with Crippen LogP contribution in [0.1, 0.15) is 11.1 Å². The van der Waals surface area contributed by atoms with Crippen LogP contribution in [-0.2, 0) is 12.7 Å². The molecule has 1 heterocycles. The van der Waals surface area contributed by atoms with Crippen LogP contribution in [0.15, 0.2) is 48.5 Å². The molecule has 8 heteroatoms. The van der Waals surface area contributed by atoms with Gasteiger partial charge in [-0.05, 0) is 29.8 Å². The number of rotatable bonds is 6. The number of halogens is 3. The van der Waals surface area contributed by atoms with Crippen LogP contribution in [0.25, 0.3) is 10.9 Å². The maximum Gasteiger partial charge on any atom is 0.416 e. The third kappa shape index (κ3) is 4.20. The van der Waals surface area contributed by atoms with Gasteiger partial charge < -0.3 is 15.7 Å². The van der Waals surface area contributed by atoms with Gasteiger partial charge in [-0.25, -0.2) is 4.98 Å². The fourth-order valence-corrected chi connectivity index (χ4v) is 2.46. The minimum absolute atomic E-state index is 0.0351. The highest BCUT2D eigenvalue weighted by molar-refractivity contribution is 5.90. The van der Waals surface area contributed by atoms with Crippen molar-refractivity contribution in [2.75, 3.05) is 23.8 Å². The molecule has 0 spiro atoms. The number of aromatic nitrogens is 2. The lowest BCUT2D eigenvalue weighted by atomic mass is 10.1. The molecule has 0 atom stereocenters. The number of aliphatic hydroxyl groups is 1. The number of benzene rings is 2. The van der Waals surface area contributed by atoms with Gasteiger partial charge in [-0.1, -0.05) is 24.3 Å². The van der Waals surface area contributed by atoms with Gasteiger partial charge in [0.15, 0.2) is 0 Å². The van der Waals surface area contributed by atoms with E-state index < -0.39 is 11.7 Å². The molecule has 0 saturated heterocycles. The molecular weight excluding hydrogens is 345 g/mol. The fraction of sp³-hybridized carbons (Fsp3) is 0.222. The summed E-state index contributed by atoms with van der Waals surface area (Å²) in [6.07, 6.45) is -4.35. The highest BCUT2D eigenvalue weighted by Gasteiger charge is 2.29. The van der Waals surface area contributed by atoms with Crippen molar-refractivity contribution in [1.29, 1.82) is 0 Å². The summed E-state index contributed by atoms with van der Waals surface area (Å²) in [6.45, 7) is 0.599. The first kappa shape index (κ1) is 17.9. The maximum atomic E-state index is 12.6. The molecule has 0 fully saturated rings. The number of aliphatic hydroxyl groups excluding tert-OH is 1. The number of alkyl halides is 3. The number of fused-ring (bicyclic) bond motifs is 1. The van der Waals surface area contributed by atoms with Crippen LogP contribution in [0.4, 0.5) is 24.9 Å². The van der Waals surface area contributed by atoms with E-state index in [1.807, 2.05) is 24.3 Å². The summed E-state index contributed by atoms with van der Waals surface area (Å²) in [4.78, 5) is 8.80. The summed E-state index contributed by atoms with van der Waals surface area (Å²) in [5.74, 6) is 0.934. The van der Waals surface area contributed by atoms with E-state index in [9.17, 15) is 13.2 Å². The van der Waals surface area contributed by atoms with Crippen LogP contribution in [0, 0.1) is 0 Å². The van der Waals surface area contributed by atoms with Crippen molar-refractivity contribution in [3.8, 4) is 0 Å². The van der Waals surface area contributed by atoms with E-state index in [4.69, 9.17) is 5.11 Å². The van der Waals surface area contributed by atoms with Crippen LogP contribution >= 0.6 is 0 Å². The molecule has 5 nitrogen and oxygen atoms in total. The first-order valence-electron chi connectivity index (χ1n) is 7.99. The first-order chi connectivity index (χ1) is 12.5. The largest absolute Gasteiger partial charge is 0.416 e. The first-order valence-corrected chi connectivity index (χ1v) is 7.99. The molecule has 1 aromatic heterocycles. The van der Waals surface area contributed by atoms with Gasteiger partial charge in [-0.15, -0.1) is 0 Å². The lowest BCUT2D eigenvalue weighted by Crippen LogP contribution is -2.11. The van der Waals surface area contributed by atoms with E-state index >= 15 is 0 Å². The standard InChI is InChI=1S/C18H17F3N4O/c19-18(20,21)13-7-5-12(6-8-13)11-23-17-24-15-4-2-1-3-14(15)16(25-17)22-9-10-26/h1-8,26H,9-11H2,(H2,22,23,24,25). The summed E-state index contributed by atoms with van der Waals surface area (Å²) >= 11 is 0. The number of hydrogen-bond donors (Lipinski definition) is 3. The zero-order valence-corrected chi connectivity index (χ0v) is 13.7. The Morgan fingerprint density at radius 3 is 2.35 bits per heavy atom. The van der Waals surface area contributed by atoms with E-state index in [1.54, 1.807) is 0 Å². The predicted octanol–water partition coefficient (Wildman–Crippen LogP) is 3.66. The smallest absolute Gasteiger partial charge is 0.395 e. The zero-order valence-electron chi connectivity index (χ0n) is 13.7. The second-order valence-electron chi connectivity index (χ2n) is 5.61. The summed E-state index contributed by atoms with van der Waals surface area (Å²) in [5.41, 5.74) is 0.719. The number of anilines is 2. The lowest BCUT2D eigenvalue weighted by Gasteiger charge is -2.12. The van der Waals surface area contributed by atoms with Crippen LogP contribution in [0.5, 0.6) is 0 Å². The van der Waals surface area contributed by atoms with Crippen molar-refractivity contribution in [3.63, 3.8) is 0 Å². The summed E-state index contributed by atoms with van der Waals surface area (Å²) in [6, 6.07) is 12.4. The number of nitrogens with zero attached hydrogens (tertiary/aromatic N) is 2. The third-order valence-electron chi connectivity index (χ3n) is 3.74. The summed E-state index contributed by atoms with van der Waals surface area (Å²) in [5, 5.41) is 15.9. The van der Waals surface area contributed by atoms with Gasteiger partial charge in [0.05, 0.1) is 17.7 Å². The Morgan fingerprint density at radius 2 is 1.65 bits per heavy atom. The second kappa shape index (κ2) is 7.57. The average molecular weight is 362 g/mol. The summed E-state index contributed by atoms with van der Waals surface area (Å²) in [7, 11) is 0. The SMILES string of the molecule is OCCNc1nc(NCc2ccc(C(F)(F)F)cc2)nc2ccccc12. The lowest BCUT2D eigenvalue weighted by molar-refractivity contribution is -0.137. The second-order valence-corrected chi connectivity index (χ2v) is 5.61. The highest BCUT2D eigenvalue weighted by Crippen LogP contribution is 2.29. The zero-order chi connectivity index (χ0) is 18.6. The number of para-hydroxylation sites is 1. The normalized spacial score (nSPS) is 11.5. The molecule has 0 aliphatic heterocycles. The minimum atomic E-state index is -4.35. The predicted molar refractivity (Wildman–Crippen MR) is 93.9 cm³/mol. The Kier molecular flexibility index (Phi) is 5.22. The molecule has 3 rings (SSSR count). The molecule has 0 aliphatic carbocycles. The molecule has 0 saturated carbocycles. The molecule has 0 radical (unpaired) electrons. The Hall–Kier alpha value is -2.87. The van der Waals surface area contributed by atoms with Gasteiger partial charge in [0.25, 0.3) is 0 Å². The number of hydrogen-bond acceptors (Lipinski definition) is 5. The maximum absolute atomic E-state index is 12.6. The molecule has 0 bridgehead atoms. The van der Waals surface area contributed by atoms with Gasteiger partial charge in [0.2, 0.25) is 5.95 Å². The highest BCUT2D eigenvalue weighted by atomic mass is 19.4. The van der Waals surface area contributed by atoms with E-state index in [1.165, 1.54) is 12.1 Å². The molecule has 3 N–H and O–H groups in total. The van der Waals surface area contributed by atoms with Gasteiger partial charge in [-0.2, -0.15) is 18.2 Å². The molecule has 0 unspecified atom stereocenters. The van der Waals surface area contributed by atoms with E-state index in [2.05, 4.69) is 20.6 Å². The van der Waals surface area contributed by atoms with Gasteiger partial charge >= 0.3 is 6.18 Å². The van der Waals surface area contributed by atoms with Crippen LogP contribution in [0.2, 0.25) is 0 Å². The molecule has 3 aromatic rings. The average Bonchev–Trinajstić information content (AvgIpc) is 2.64. The molecule has 0 aliphatic rings.